The fourth-order valence-corrected chi connectivity index (χ4v) is 2.34. The summed E-state index contributed by atoms with van der Waals surface area (Å²) in [6, 6.07) is 8.98. The third-order valence-corrected chi connectivity index (χ3v) is 3.58. The highest BCUT2D eigenvalue weighted by Gasteiger charge is 2.23. The van der Waals surface area contributed by atoms with Crippen LogP contribution in [0.4, 0.5) is 0 Å². The molecule has 0 amide bonds. The molecule has 0 saturated heterocycles. The lowest BCUT2D eigenvalue weighted by molar-refractivity contribution is 0.413. The van der Waals surface area contributed by atoms with Crippen LogP contribution in [0.1, 0.15) is 38.3 Å². The Morgan fingerprint density at radius 1 is 1.26 bits per heavy atom. The summed E-state index contributed by atoms with van der Waals surface area (Å²) >= 11 is 5.37. The van der Waals surface area contributed by atoms with Gasteiger partial charge in [0.15, 0.2) is 5.11 Å². The smallest absolute Gasteiger partial charge is 0.167 e. The van der Waals surface area contributed by atoms with Crippen molar-refractivity contribution in [1.82, 2.24) is 10.6 Å². The average Bonchev–Trinajstić information content (AvgIpc) is 3.20. The summed E-state index contributed by atoms with van der Waals surface area (Å²) in [6.07, 6.45) is 2.47. The molecule has 1 aromatic carbocycles. The van der Waals surface area contributed by atoms with Crippen LogP contribution >= 0.6 is 12.2 Å². The highest BCUT2D eigenvalue weighted by molar-refractivity contribution is 7.80. The minimum atomic E-state index is 0.227. The molecule has 1 atom stereocenters. The Kier molecular flexibility index (Phi) is 4.64. The minimum absolute atomic E-state index is 0.227. The maximum Gasteiger partial charge on any atom is 0.167 e. The quantitative estimate of drug-likeness (QED) is 0.811. The molecule has 19 heavy (non-hydrogen) atoms. The van der Waals surface area contributed by atoms with Gasteiger partial charge in [-0.1, -0.05) is 26.0 Å². The van der Waals surface area contributed by atoms with Crippen molar-refractivity contribution in [2.75, 3.05) is 7.11 Å². The molecule has 1 aromatic rings. The van der Waals surface area contributed by atoms with Gasteiger partial charge in [0.1, 0.15) is 5.75 Å². The van der Waals surface area contributed by atoms with Gasteiger partial charge in [0.2, 0.25) is 0 Å². The number of benzene rings is 1. The van der Waals surface area contributed by atoms with E-state index in [2.05, 4.69) is 36.6 Å². The number of ether oxygens (including phenoxy) is 1. The van der Waals surface area contributed by atoms with Gasteiger partial charge in [-0.15, -0.1) is 0 Å². The van der Waals surface area contributed by atoms with Crippen LogP contribution in [-0.4, -0.2) is 18.3 Å². The van der Waals surface area contributed by atoms with Gasteiger partial charge in [-0.05, 0) is 48.7 Å². The zero-order valence-electron chi connectivity index (χ0n) is 11.8. The number of methoxy groups -OCH3 is 1. The second-order valence-corrected chi connectivity index (χ2v) is 5.80. The van der Waals surface area contributed by atoms with Gasteiger partial charge < -0.3 is 15.4 Å². The Labute approximate surface area is 120 Å². The Hall–Kier alpha value is -1.29. The first-order valence-corrected chi connectivity index (χ1v) is 7.22. The van der Waals surface area contributed by atoms with Crippen molar-refractivity contribution in [3.8, 4) is 5.75 Å². The van der Waals surface area contributed by atoms with Crippen LogP contribution in [0.25, 0.3) is 0 Å². The van der Waals surface area contributed by atoms with E-state index in [1.165, 1.54) is 18.4 Å². The number of hydrogen-bond donors (Lipinski definition) is 2. The topological polar surface area (TPSA) is 33.3 Å². The van der Waals surface area contributed by atoms with Crippen molar-refractivity contribution in [2.24, 2.45) is 5.92 Å². The summed E-state index contributed by atoms with van der Waals surface area (Å²) in [5, 5.41) is 7.51. The van der Waals surface area contributed by atoms with Gasteiger partial charge in [-0.3, -0.25) is 0 Å². The summed E-state index contributed by atoms with van der Waals surface area (Å²) < 4.78 is 5.19. The average molecular weight is 278 g/mol. The van der Waals surface area contributed by atoms with Crippen molar-refractivity contribution in [1.29, 1.82) is 0 Å². The predicted molar refractivity (Wildman–Crippen MR) is 82.5 cm³/mol. The summed E-state index contributed by atoms with van der Waals surface area (Å²) in [6.45, 7) is 4.39. The molecular formula is C15H22N2OS. The summed E-state index contributed by atoms with van der Waals surface area (Å²) in [7, 11) is 1.68. The van der Waals surface area contributed by atoms with Crippen LogP contribution < -0.4 is 15.4 Å². The molecular weight excluding hydrogens is 256 g/mol. The minimum Gasteiger partial charge on any atom is -0.497 e. The van der Waals surface area contributed by atoms with Crippen LogP contribution in [0.5, 0.6) is 5.75 Å². The number of rotatable bonds is 5. The Balaban J connectivity index is 2.02. The molecule has 0 radical (unpaired) electrons. The number of nitrogens with one attached hydrogen (secondary N) is 2. The highest BCUT2D eigenvalue weighted by Crippen LogP contribution is 2.24. The van der Waals surface area contributed by atoms with Crippen molar-refractivity contribution in [3.63, 3.8) is 0 Å². The van der Waals surface area contributed by atoms with E-state index in [1.807, 2.05) is 12.1 Å². The molecule has 0 aromatic heterocycles. The first-order valence-electron chi connectivity index (χ1n) is 6.81. The van der Waals surface area contributed by atoms with Crippen LogP contribution in [0.3, 0.4) is 0 Å². The molecule has 0 bridgehead atoms. The zero-order chi connectivity index (χ0) is 13.8. The molecule has 2 rings (SSSR count). The van der Waals surface area contributed by atoms with Crippen LogP contribution in [0, 0.1) is 5.92 Å². The molecule has 0 aliphatic heterocycles. The Morgan fingerprint density at radius 3 is 2.37 bits per heavy atom. The molecule has 0 heterocycles. The van der Waals surface area contributed by atoms with Gasteiger partial charge >= 0.3 is 0 Å². The number of thiocarbonyl (C=S) groups is 1. The molecule has 0 unspecified atom stereocenters. The standard InChI is InChI=1S/C15H22N2OS/c1-10(2)14(17-15(19)16-12-6-7-12)11-4-8-13(18-3)9-5-11/h4-5,8-10,12,14H,6-7H2,1-3H3,(H2,16,17,19)/t14-/m0/s1. The van der Waals surface area contributed by atoms with Crippen molar-refractivity contribution >= 4 is 17.3 Å². The molecule has 1 aliphatic rings. The third-order valence-electron chi connectivity index (χ3n) is 3.34. The fourth-order valence-electron chi connectivity index (χ4n) is 2.04. The molecule has 1 saturated carbocycles. The van der Waals surface area contributed by atoms with E-state index in [0.717, 1.165) is 10.9 Å². The predicted octanol–water partition coefficient (Wildman–Crippen LogP) is 3.02. The van der Waals surface area contributed by atoms with Crippen molar-refractivity contribution in [3.05, 3.63) is 29.8 Å². The maximum absolute atomic E-state index is 5.37. The zero-order valence-corrected chi connectivity index (χ0v) is 12.6. The van der Waals surface area contributed by atoms with Gasteiger partial charge in [0, 0.05) is 6.04 Å². The van der Waals surface area contributed by atoms with Crippen LogP contribution in [0.15, 0.2) is 24.3 Å². The Bertz CT molecular complexity index is 426. The molecule has 104 valence electrons. The van der Waals surface area contributed by atoms with Gasteiger partial charge in [0.05, 0.1) is 13.2 Å². The van der Waals surface area contributed by atoms with E-state index in [-0.39, 0.29) is 6.04 Å². The first kappa shape index (κ1) is 14.1. The lowest BCUT2D eigenvalue weighted by Crippen LogP contribution is -2.40. The van der Waals surface area contributed by atoms with Crippen molar-refractivity contribution < 1.29 is 4.74 Å². The van der Waals surface area contributed by atoms with E-state index in [0.29, 0.717) is 12.0 Å². The summed E-state index contributed by atoms with van der Waals surface area (Å²) in [5.74, 6) is 1.34. The fraction of sp³-hybridized carbons (Fsp3) is 0.533. The lowest BCUT2D eigenvalue weighted by atomic mass is 9.96. The largest absolute Gasteiger partial charge is 0.497 e. The summed E-state index contributed by atoms with van der Waals surface area (Å²) in [5.41, 5.74) is 1.23. The normalized spacial score (nSPS) is 16.0. The third kappa shape index (κ3) is 4.10. The van der Waals surface area contributed by atoms with E-state index in [9.17, 15) is 0 Å². The lowest BCUT2D eigenvalue weighted by Gasteiger charge is -2.25. The van der Waals surface area contributed by atoms with Crippen molar-refractivity contribution in [2.45, 2.75) is 38.8 Å². The van der Waals surface area contributed by atoms with E-state index in [4.69, 9.17) is 17.0 Å². The van der Waals surface area contributed by atoms with Crippen LogP contribution in [-0.2, 0) is 0 Å². The molecule has 3 nitrogen and oxygen atoms in total. The van der Waals surface area contributed by atoms with Gasteiger partial charge in [0.25, 0.3) is 0 Å². The SMILES string of the molecule is COc1ccc([C@@H](NC(=S)NC2CC2)C(C)C)cc1. The van der Waals surface area contributed by atoms with E-state index in [1.54, 1.807) is 7.11 Å². The van der Waals surface area contributed by atoms with Crippen LogP contribution in [0.2, 0.25) is 0 Å². The molecule has 1 fully saturated rings. The monoisotopic (exact) mass is 278 g/mol. The second kappa shape index (κ2) is 6.24. The maximum atomic E-state index is 5.37. The highest BCUT2D eigenvalue weighted by atomic mass is 32.1. The van der Waals surface area contributed by atoms with E-state index >= 15 is 0 Å². The molecule has 2 N–H and O–H groups in total. The molecule has 1 aliphatic carbocycles. The molecule has 0 spiro atoms. The number of hydrogen-bond acceptors (Lipinski definition) is 2. The van der Waals surface area contributed by atoms with Gasteiger partial charge in [-0.25, -0.2) is 0 Å². The van der Waals surface area contributed by atoms with Gasteiger partial charge in [-0.2, -0.15) is 0 Å². The first-order chi connectivity index (χ1) is 9.10. The van der Waals surface area contributed by atoms with E-state index < -0.39 is 0 Å². The Morgan fingerprint density at radius 2 is 1.89 bits per heavy atom. The molecule has 4 heteroatoms. The second-order valence-electron chi connectivity index (χ2n) is 5.39. The summed E-state index contributed by atoms with van der Waals surface area (Å²) in [4.78, 5) is 0.